The highest BCUT2D eigenvalue weighted by molar-refractivity contribution is 5.94. The van der Waals surface area contributed by atoms with Crippen molar-refractivity contribution in [1.82, 2.24) is 0 Å². The fourth-order valence-electron chi connectivity index (χ4n) is 2.78. The SMILES string of the molecule is Cc1ccc(-c2ccco2)cc1NC(=O)C1CCCC1. The van der Waals surface area contributed by atoms with E-state index < -0.39 is 0 Å². The number of carbonyl (C=O) groups is 1. The first-order valence-corrected chi connectivity index (χ1v) is 7.19. The van der Waals surface area contributed by atoms with Crippen LogP contribution in [0.15, 0.2) is 41.0 Å². The largest absolute Gasteiger partial charge is 0.464 e. The highest BCUT2D eigenvalue weighted by atomic mass is 16.3. The van der Waals surface area contributed by atoms with Crippen LogP contribution in [0.2, 0.25) is 0 Å². The molecule has 0 atom stereocenters. The van der Waals surface area contributed by atoms with Crippen molar-refractivity contribution < 1.29 is 9.21 Å². The van der Waals surface area contributed by atoms with Crippen LogP contribution in [0.4, 0.5) is 5.69 Å². The van der Waals surface area contributed by atoms with Crippen molar-refractivity contribution >= 4 is 11.6 Å². The van der Waals surface area contributed by atoms with Crippen LogP contribution in [0.5, 0.6) is 0 Å². The average Bonchev–Trinajstić information content (AvgIpc) is 3.14. The number of amides is 1. The summed E-state index contributed by atoms with van der Waals surface area (Å²) in [6, 6.07) is 9.81. The summed E-state index contributed by atoms with van der Waals surface area (Å²) in [7, 11) is 0. The van der Waals surface area contributed by atoms with Gasteiger partial charge in [0.15, 0.2) is 0 Å². The van der Waals surface area contributed by atoms with E-state index in [4.69, 9.17) is 4.42 Å². The molecule has 1 fully saturated rings. The maximum absolute atomic E-state index is 12.2. The third-order valence-electron chi connectivity index (χ3n) is 4.03. The zero-order valence-electron chi connectivity index (χ0n) is 11.7. The molecule has 1 heterocycles. The fourth-order valence-corrected chi connectivity index (χ4v) is 2.78. The maximum Gasteiger partial charge on any atom is 0.227 e. The van der Waals surface area contributed by atoms with E-state index in [1.807, 2.05) is 37.3 Å². The molecule has 1 amide bonds. The second-order valence-corrected chi connectivity index (χ2v) is 5.48. The van der Waals surface area contributed by atoms with Gasteiger partial charge in [0.1, 0.15) is 5.76 Å². The molecule has 2 aromatic rings. The minimum atomic E-state index is 0.155. The Hall–Kier alpha value is -2.03. The van der Waals surface area contributed by atoms with Gasteiger partial charge in [-0.15, -0.1) is 0 Å². The number of benzene rings is 1. The molecule has 0 aliphatic heterocycles. The molecule has 3 nitrogen and oxygen atoms in total. The number of carbonyl (C=O) groups excluding carboxylic acids is 1. The van der Waals surface area contributed by atoms with E-state index in [9.17, 15) is 4.79 Å². The molecule has 1 aliphatic rings. The van der Waals surface area contributed by atoms with Crippen molar-refractivity contribution in [1.29, 1.82) is 0 Å². The molecule has 0 unspecified atom stereocenters. The number of hydrogen-bond acceptors (Lipinski definition) is 2. The van der Waals surface area contributed by atoms with Crippen LogP contribution in [0.3, 0.4) is 0 Å². The average molecular weight is 269 g/mol. The monoisotopic (exact) mass is 269 g/mol. The molecular weight excluding hydrogens is 250 g/mol. The lowest BCUT2D eigenvalue weighted by Gasteiger charge is -2.13. The minimum absolute atomic E-state index is 0.155. The first kappa shape index (κ1) is 13.0. The fraction of sp³-hybridized carbons (Fsp3) is 0.353. The third kappa shape index (κ3) is 2.62. The Bertz CT molecular complexity index is 595. The number of furan rings is 1. The second-order valence-electron chi connectivity index (χ2n) is 5.48. The molecule has 3 rings (SSSR count). The van der Waals surface area contributed by atoms with E-state index in [-0.39, 0.29) is 11.8 Å². The van der Waals surface area contributed by atoms with Crippen LogP contribution in [-0.4, -0.2) is 5.91 Å². The van der Waals surface area contributed by atoms with Gasteiger partial charge in [0.25, 0.3) is 0 Å². The quantitative estimate of drug-likeness (QED) is 0.898. The number of anilines is 1. The Labute approximate surface area is 119 Å². The Balaban J connectivity index is 1.81. The Morgan fingerprint density at radius 3 is 2.75 bits per heavy atom. The molecule has 0 saturated heterocycles. The number of rotatable bonds is 3. The van der Waals surface area contributed by atoms with Crippen LogP contribution in [-0.2, 0) is 4.79 Å². The van der Waals surface area contributed by atoms with Gasteiger partial charge in [-0.3, -0.25) is 4.79 Å². The van der Waals surface area contributed by atoms with Crippen LogP contribution in [0.25, 0.3) is 11.3 Å². The molecule has 104 valence electrons. The summed E-state index contributed by atoms with van der Waals surface area (Å²) in [6.45, 7) is 2.01. The lowest BCUT2D eigenvalue weighted by atomic mass is 10.1. The van der Waals surface area contributed by atoms with Crippen LogP contribution < -0.4 is 5.32 Å². The van der Waals surface area contributed by atoms with Gasteiger partial charge in [-0.1, -0.05) is 25.0 Å². The normalized spacial score (nSPS) is 15.4. The van der Waals surface area contributed by atoms with Gasteiger partial charge in [-0.05, 0) is 43.5 Å². The van der Waals surface area contributed by atoms with Gasteiger partial charge in [-0.25, -0.2) is 0 Å². The number of aryl methyl sites for hydroxylation is 1. The van der Waals surface area contributed by atoms with Gasteiger partial charge >= 0.3 is 0 Å². The Morgan fingerprint density at radius 2 is 2.05 bits per heavy atom. The third-order valence-corrected chi connectivity index (χ3v) is 4.03. The molecule has 1 aromatic carbocycles. The lowest BCUT2D eigenvalue weighted by Crippen LogP contribution is -2.20. The molecular formula is C17H19NO2. The predicted octanol–water partition coefficient (Wildman–Crippen LogP) is 4.38. The van der Waals surface area contributed by atoms with Crippen molar-refractivity contribution in [2.45, 2.75) is 32.6 Å². The Morgan fingerprint density at radius 1 is 1.25 bits per heavy atom. The molecule has 1 aromatic heterocycles. The summed E-state index contributed by atoms with van der Waals surface area (Å²) >= 11 is 0. The van der Waals surface area contributed by atoms with Crippen LogP contribution in [0.1, 0.15) is 31.2 Å². The first-order valence-electron chi connectivity index (χ1n) is 7.19. The number of hydrogen-bond donors (Lipinski definition) is 1. The van der Waals surface area contributed by atoms with Crippen molar-refractivity contribution in [3.05, 3.63) is 42.2 Å². The summed E-state index contributed by atoms with van der Waals surface area (Å²) in [6.07, 6.45) is 6.03. The van der Waals surface area contributed by atoms with E-state index in [1.165, 1.54) is 12.8 Å². The molecule has 1 saturated carbocycles. The second kappa shape index (κ2) is 5.53. The molecule has 0 spiro atoms. The molecule has 0 radical (unpaired) electrons. The van der Waals surface area contributed by atoms with Gasteiger partial charge in [-0.2, -0.15) is 0 Å². The lowest BCUT2D eigenvalue weighted by molar-refractivity contribution is -0.119. The van der Waals surface area contributed by atoms with Crippen molar-refractivity contribution in [2.75, 3.05) is 5.32 Å². The van der Waals surface area contributed by atoms with E-state index in [2.05, 4.69) is 5.32 Å². The van der Waals surface area contributed by atoms with Gasteiger partial charge in [0.05, 0.1) is 6.26 Å². The van der Waals surface area contributed by atoms with E-state index in [1.54, 1.807) is 6.26 Å². The zero-order chi connectivity index (χ0) is 13.9. The van der Waals surface area contributed by atoms with Crippen molar-refractivity contribution in [3.63, 3.8) is 0 Å². The zero-order valence-corrected chi connectivity index (χ0v) is 11.7. The summed E-state index contributed by atoms with van der Waals surface area (Å²) in [5, 5.41) is 3.07. The Kier molecular flexibility index (Phi) is 3.59. The highest BCUT2D eigenvalue weighted by Crippen LogP contribution is 2.29. The number of nitrogens with one attached hydrogen (secondary N) is 1. The smallest absolute Gasteiger partial charge is 0.227 e. The summed E-state index contributed by atoms with van der Waals surface area (Å²) < 4.78 is 5.41. The molecule has 0 bridgehead atoms. The molecule has 1 N–H and O–H groups in total. The first-order chi connectivity index (χ1) is 9.74. The van der Waals surface area contributed by atoms with Gasteiger partial charge in [0.2, 0.25) is 5.91 Å². The standard InChI is InChI=1S/C17H19NO2/c1-12-8-9-14(16-7-4-10-20-16)11-15(12)18-17(19)13-5-2-3-6-13/h4,7-11,13H,2-3,5-6H2,1H3,(H,18,19). The van der Waals surface area contributed by atoms with Gasteiger partial charge < -0.3 is 9.73 Å². The minimum Gasteiger partial charge on any atom is -0.464 e. The van der Waals surface area contributed by atoms with Crippen molar-refractivity contribution in [2.24, 2.45) is 5.92 Å². The van der Waals surface area contributed by atoms with Crippen LogP contribution in [0, 0.1) is 12.8 Å². The van der Waals surface area contributed by atoms with E-state index in [0.29, 0.717) is 0 Å². The van der Waals surface area contributed by atoms with E-state index >= 15 is 0 Å². The molecule has 1 aliphatic carbocycles. The highest BCUT2D eigenvalue weighted by Gasteiger charge is 2.23. The van der Waals surface area contributed by atoms with Crippen LogP contribution >= 0.6 is 0 Å². The summed E-state index contributed by atoms with van der Waals surface area (Å²) in [5.41, 5.74) is 2.95. The molecule has 20 heavy (non-hydrogen) atoms. The van der Waals surface area contributed by atoms with Crippen molar-refractivity contribution in [3.8, 4) is 11.3 Å². The summed E-state index contributed by atoms with van der Waals surface area (Å²) in [4.78, 5) is 12.2. The predicted molar refractivity (Wildman–Crippen MR) is 79.5 cm³/mol. The molecule has 3 heteroatoms. The maximum atomic E-state index is 12.2. The van der Waals surface area contributed by atoms with Gasteiger partial charge in [0, 0.05) is 17.2 Å². The summed E-state index contributed by atoms with van der Waals surface area (Å²) in [5.74, 6) is 1.16. The topological polar surface area (TPSA) is 42.2 Å². The van der Waals surface area contributed by atoms with E-state index in [0.717, 1.165) is 35.4 Å².